The van der Waals surface area contributed by atoms with Crippen LogP contribution in [-0.4, -0.2) is 6.61 Å². The van der Waals surface area contributed by atoms with E-state index in [4.69, 9.17) is 4.74 Å². The van der Waals surface area contributed by atoms with Crippen LogP contribution in [0.1, 0.15) is 49.4 Å². The number of aryl methyl sites for hydroxylation is 1. The van der Waals surface area contributed by atoms with Crippen LogP contribution in [-0.2, 0) is 10.3 Å². The first-order valence-electron chi connectivity index (χ1n) is 8.64. The maximum Gasteiger partial charge on any atom is 0.123 e. The lowest BCUT2D eigenvalue weighted by Gasteiger charge is -2.41. The maximum atomic E-state index is 13.3. The molecule has 24 heavy (non-hydrogen) atoms. The minimum Gasteiger partial charge on any atom is -0.378 e. The Morgan fingerprint density at radius 1 is 1.12 bits per heavy atom. The molecule has 2 atom stereocenters. The number of hydrogen-bond acceptors (Lipinski definition) is 2. The lowest BCUT2D eigenvalue weighted by molar-refractivity contribution is -0.0157. The van der Waals surface area contributed by atoms with E-state index < -0.39 is 0 Å². The van der Waals surface area contributed by atoms with Gasteiger partial charge in [0.15, 0.2) is 0 Å². The summed E-state index contributed by atoms with van der Waals surface area (Å²) in [4.78, 5) is 0. The highest BCUT2D eigenvalue weighted by Crippen LogP contribution is 2.54. The van der Waals surface area contributed by atoms with Crippen molar-refractivity contribution in [1.29, 1.82) is 0 Å². The standard InChI is InChI=1S/C21H24FNO/c1-14-4-9-18-17(10-14)21(12-20(2,3)13-24-21)11-19(23-18)15-5-7-16(22)8-6-15/h4-10,19,23H,11-13H2,1-3H3/t19-,21-/m0/s1. The van der Waals surface area contributed by atoms with Crippen LogP contribution in [0.5, 0.6) is 0 Å². The molecule has 0 aliphatic carbocycles. The Kier molecular flexibility index (Phi) is 3.47. The Labute approximate surface area is 143 Å². The van der Waals surface area contributed by atoms with Gasteiger partial charge in [0.2, 0.25) is 0 Å². The lowest BCUT2D eigenvalue weighted by atomic mass is 9.73. The average Bonchev–Trinajstić information content (AvgIpc) is 2.84. The quantitative estimate of drug-likeness (QED) is 0.765. The van der Waals surface area contributed by atoms with E-state index >= 15 is 0 Å². The van der Waals surface area contributed by atoms with Gasteiger partial charge in [0.25, 0.3) is 0 Å². The fourth-order valence-corrected chi connectivity index (χ4v) is 4.25. The van der Waals surface area contributed by atoms with Crippen LogP contribution in [0.15, 0.2) is 42.5 Å². The first kappa shape index (κ1) is 15.6. The Balaban J connectivity index is 1.78. The van der Waals surface area contributed by atoms with Crippen LogP contribution >= 0.6 is 0 Å². The summed E-state index contributed by atoms with van der Waals surface area (Å²) in [5.41, 5.74) is 4.69. The molecule has 126 valence electrons. The minimum atomic E-state index is -0.255. The van der Waals surface area contributed by atoms with Gasteiger partial charge in [0, 0.05) is 17.7 Å². The second-order valence-corrected chi connectivity index (χ2v) is 8.13. The van der Waals surface area contributed by atoms with Crippen molar-refractivity contribution in [2.75, 3.05) is 11.9 Å². The summed E-state index contributed by atoms with van der Waals surface area (Å²) in [5.74, 6) is -0.196. The van der Waals surface area contributed by atoms with Gasteiger partial charge in [-0.05, 0) is 42.5 Å². The number of benzene rings is 2. The molecule has 2 aliphatic heterocycles. The Morgan fingerprint density at radius 2 is 1.88 bits per heavy atom. The number of anilines is 1. The van der Waals surface area contributed by atoms with Crippen molar-refractivity contribution in [3.63, 3.8) is 0 Å². The molecule has 0 unspecified atom stereocenters. The van der Waals surface area contributed by atoms with Gasteiger partial charge in [-0.2, -0.15) is 0 Å². The predicted octanol–water partition coefficient (Wildman–Crippen LogP) is 5.33. The molecule has 3 heteroatoms. The van der Waals surface area contributed by atoms with Crippen molar-refractivity contribution in [1.82, 2.24) is 0 Å². The van der Waals surface area contributed by atoms with E-state index in [1.165, 1.54) is 23.3 Å². The number of hydrogen-bond donors (Lipinski definition) is 1. The minimum absolute atomic E-state index is 0.134. The van der Waals surface area contributed by atoms with E-state index in [9.17, 15) is 4.39 Å². The molecular weight excluding hydrogens is 301 g/mol. The van der Waals surface area contributed by atoms with Crippen LogP contribution in [0.2, 0.25) is 0 Å². The summed E-state index contributed by atoms with van der Waals surface area (Å²) < 4.78 is 19.7. The highest BCUT2D eigenvalue weighted by atomic mass is 19.1. The lowest BCUT2D eigenvalue weighted by Crippen LogP contribution is -2.36. The van der Waals surface area contributed by atoms with Crippen LogP contribution in [0.3, 0.4) is 0 Å². The summed E-state index contributed by atoms with van der Waals surface area (Å²) in [5, 5.41) is 3.64. The highest BCUT2D eigenvalue weighted by Gasteiger charge is 2.50. The molecule has 2 nitrogen and oxygen atoms in total. The first-order valence-corrected chi connectivity index (χ1v) is 8.64. The number of fused-ring (bicyclic) bond motifs is 2. The van der Waals surface area contributed by atoms with Crippen molar-refractivity contribution < 1.29 is 9.13 Å². The summed E-state index contributed by atoms with van der Waals surface area (Å²) in [6, 6.07) is 13.5. The van der Waals surface area contributed by atoms with Gasteiger partial charge in [-0.1, -0.05) is 43.7 Å². The molecule has 0 bridgehead atoms. The third-order valence-corrected chi connectivity index (χ3v) is 5.31. The van der Waals surface area contributed by atoms with Crippen LogP contribution in [0, 0.1) is 18.2 Å². The molecule has 2 aliphatic rings. The fraction of sp³-hybridized carbons (Fsp3) is 0.429. The second kappa shape index (κ2) is 5.32. The summed E-state index contributed by atoms with van der Waals surface area (Å²) in [6.07, 6.45) is 1.88. The summed E-state index contributed by atoms with van der Waals surface area (Å²) >= 11 is 0. The average molecular weight is 325 g/mol. The van der Waals surface area contributed by atoms with Gasteiger partial charge in [-0.3, -0.25) is 0 Å². The number of halogens is 1. The van der Waals surface area contributed by atoms with Crippen molar-refractivity contribution >= 4 is 5.69 Å². The van der Waals surface area contributed by atoms with Crippen LogP contribution in [0.25, 0.3) is 0 Å². The third-order valence-electron chi connectivity index (χ3n) is 5.31. The molecule has 0 saturated carbocycles. The smallest absolute Gasteiger partial charge is 0.123 e. The van der Waals surface area contributed by atoms with E-state index in [2.05, 4.69) is 44.3 Å². The monoisotopic (exact) mass is 325 g/mol. The molecule has 2 aromatic rings. The summed E-state index contributed by atoms with van der Waals surface area (Å²) in [7, 11) is 0. The molecular formula is C21H24FNO. The Bertz CT molecular complexity index is 768. The second-order valence-electron chi connectivity index (χ2n) is 8.13. The summed E-state index contributed by atoms with van der Waals surface area (Å²) in [6.45, 7) is 7.44. The first-order chi connectivity index (χ1) is 11.4. The zero-order valence-electron chi connectivity index (χ0n) is 14.5. The Hall–Kier alpha value is -1.87. The van der Waals surface area contributed by atoms with Crippen molar-refractivity contribution in [3.05, 3.63) is 65.0 Å². The number of nitrogens with one attached hydrogen (secondary N) is 1. The molecule has 0 radical (unpaired) electrons. The van der Waals surface area contributed by atoms with Gasteiger partial charge in [-0.15, -0.1) is 0 Å². The number of ether oxygens (including phenoxy) is 1. The van der Waals surface area contributed by atoms with Gasteiger partial charge < -0.3 is 10.1 Å². The van der Waals surface area contributed by atoms with Gasteiger partial charge in [-0.25, -0.2) is 4.39 Å². The molecule has 1 saturated heterocycles. The number of rotatable bonds is 1. The van der Waals surface area contributed by atoms with Crippen LogP contribution in [0.4, 0.5) is 10.1 Å². The molecule has 4 rings (SSSR count). The fourth-order valence-electron chi connectivity index (χ4n) is 4.25. The van der Waals surface area contributed by atoms with E-state index in [-0.39, 0.29) is 22.9 Å². The van der Waals surface area contributed by atoms with E-state index in [0.29, 0.717) is 0 Å². The molecule has 0 aromatic heterocycles. The third kappa shape index (κ3) is 2.61. The maximum absolute atomic E-state index is 13.3. The normalized spacial score (nSPS) is 27.8. The molecule has 1 fully saturated rings. The molecule has 1 N–H and O–H groups in total. The molecule has 2 aromatic carbocycles. The zero-order chi connectivity index (χ0) is 16.9. The SMILES string of the molecule is Cc1ccc2c(c1)[C@]1(C[C@@H](c3ccc(F)cc3)N2)CC(C)(C)CO1. The highest BCUT2D eigenvalue weighted by molar-refractivity contribution is 5.59. The van der Waals surface area contributed by atoms with Gasteiger partial charge >= 0.3 is 0 Å². The molecule has 0 amide bonds. The van der Waals surface area contributed by atoms with E-state index in [1.54, 1.807) is 0 Å². The predicted molar refractivity (Wildman–Crippen MR) is 94.6 cm³/mol. The van der Waals surface area contributed by atoms with Crippen molar-refractivity contribution in [2.24, 2.45) is 5.41 Å². The zero-order valence-corrected chi connectivity index (χ0v) is 14.5. The Morgan fingerprint density at radius 3 is 2.54 bits per heavy atom. The molecule has 1 spiro atoms. The topological polar surface area (TPSA) is 21.3 Å². The molecule has 2 heterocycles. The van der Waals surface area contributed by atoms with E-state index in [1.807, 2.05) is 12.1 Å². The van der Waals surface area contributed by atoms with Gasteiger partial charge in [0.05, 0.1) is 18.2 Å². The van der Waals surface area contributed by atoms with Gasteiger partial charge in [0.1, 0.15) is 5.82 Å². The largest absolute Gasteiger partial charge is 0.378 e. The van der Waals surface area contributed by atoms with Crippen LogP contribution < -0.4 is 5.32 Å². The van der Waals surface area contributed by atoms with E-state index in [0.717, 1.165) is 30.7 Å². The van der Waals surface area contributed by atoms with Crippen molar-refractivity contribution in [2.45, 2.75) is 45.3 Å². The van der Waals surface area contributed by atoms with Crippen molar-refractivity contribution in [3.8, 4) is 0 Å².